The van der Waals surface area contributed by atoms with Crippen LogP contribution in [0.1, 0.15) is 16.2 Å². The van der Waals surface area contributed by atoms with Gasteiger partial charge in [0.05, 0.1) is 5.69 Å². The molecule has 1 aromatic carbocycles. The number of hydrogen-bond acceptors (Lipinski definition) is 3. The average Bonchev–Trinajstić information content (AvgIpc) is 2.72. The maximum Gasteiger partial charge on any atom is 0.354 e. The monoisotopic (exact) mass is 316 g/mol. The van der Waals surface area contributed by atoms with Crippen LogP contribution in [0.15, 0.2) is 29.2 Å². The zero-order valence-electron chi connectivity index (χ0n) is 10.6. The van der Waals surface area contributed by atoms with Crippen LogP contribution >= 0.6 is 0 Å². The largest absolute Gasteiger partial charge is 0.477 e. The van der Waals surface area contributed by atoms with Gasteiger partial charge in [-0.2, -0.15) is 0 Å². The van der Waals surface area contributed by atoms with Gasteiger partial charge in [0.1, 0.15) is 22.2 Å². The van der Waals surface area contributed by atoms with E-state index in [0.29, 0.717) is 17.8 Å². The molecular weight excluding hydrogens is 306 g/mol. The second-order valence-electron chi connectivity index (χ2n) is 4.23. The molecule has 0 atom stereocenters. The van der Waals surface area contributed by atoms with E-state index in [0.717, 1.165) is 6.07 Å². The number of aromatic nitrogens is 1. The molecular formula is C12H10F2N2O4S. The standard InChI is InChI=1S/C12H10F2N2O4S/c1-6-4-9(11(15-6)12(17)18)16-21(19,20)10-5-7(13)2-3-8(10)14/h2-5,15-16H,1H3,(H,17,18). The molecule has 0 aliphatic heterocycles. The highest BCUT2D eigenvalue weighted by molar-refractivity contribution is 7.92. The third-order valence-corrected chi connectivity index (χ3v) is 3.97. The maximum absolute atomic E-state index is 13.5. The fourth-order valence-electron chi connectivity index (χ4n) is 1.72. The molecule has 0 amide bonds. The van der Waals surface area contributed by atoms with Gasteiger partial charge in [-0.25, -0.2) is 22.0 Å². The Bertz CT molecular complexity index is 815. The summed E-state index contributed by atoms with van der Waals surface area (Å²) in [4.78, 5) is 12.5. The first-order chi connectivity index (χ1) is 9.70. The normalized spacial score (nSPS) is 11.4. The quantitative estimate of drug-likeness (QED) is 0.804. The third kappa shape index (κ3) is 3.02. The van der Waals surface area contributed by atoms with Gasteiger partial charge in [-0.05, 0) is 31.2 Å². The second-order valence-corrected chi connectivity index (χ2v) is 5.88. The smallest absolute Gasteiger partial charge is 0.354 e. The number of carbonyl (C=O) groups is 1. The van der Waals surface area contributed by atoms with Gasteiger partial charge in [0.25, 0.3) is 10.0 Å². The number of aromatic carboxylic acids is 1. The predicted molar refractivity (Wildman–Crippen MR) is 69.7 cm³/mol. The SMILES string of the molecule is Cc1cc(NS(=O)(=O)c2cc(F)ccc2F)c(C(=O)O)[nH]1. The Morgan fingerprint density at radius 3 is 2.57 bits per heavy atom. The summed E-state index contributed by atoms with van der Waals surface area (Å²) in [6.45, 7) is 1.52. The lowest BCUT2D eigenvalue weighted by molar-refractivity contribution is 0.0692. The molecule has 0 saturated carbocycles. The molecule has 21 heavy (non-hydrogen) atoms. The van der Waals surface area contributed by atoms with E-state index in [1.165, 1.54) is 13.0 Å². The molecule has 1 aromatic heterocycles. The number of nitrogens with one attached hydrogen (secondary N) is 2. The van der Waals surface area contributed by atoms with Crippen molar-refractivity contribution in [2.24, 2.45) is 0 Å². The first-order valence-corrected chi connectivity index (χ1v) is 7.10. The van der Waals surface area contributed by atoms with Crippen LogP contribution in [0, 0.1) is 18.6 Å². The lowest BCUT2D eigenvalue weighted by atomic mass is 10.3. The molecule has 0 saturated heterocycles. The van der Waals surface area contributed by atoms with E-state index in [4.69, 9.17) is 5.11 Å². The van der Waals surface area contributed by atoms with Crippen molar-refractivity contribution >= 4 is 21.7 Å². The highest BCUT2D eigenvalue weighted by Crippen LogP contribution is 2.23. The van der Waals surface area contributed by atoms with E-state index in [9.17, 15) is 22.0 Å². The number of rotatable bonds is 4. The molecule has 6 nitrogen and oxygen atoms in total. The van der Waals surface area contributed by atoms with Gasteiger partial charge < -0.3 is 10.1 Å². The minimum atomic E-state index is -4.46. The van der Waals surface area contributed by atoms with Crippen LogP contribution in [0.3, 0.4) is 0 Å². The number of carboxylic acids is 1. The lowest BCUT2D eigenvalue weighted by Crippen LogP contribution is -2.16. The van der Waals surface area contributed by atoms with E-state index in [2.05, 4.69) is 4.98 Å². The Morgan fingerprint density at radius 2 is 1.95 bits per heavy atom. The summed E-state index contributed by atoms with van der Waals surface area (Å²) in [5, 5.41) is 8.94. The van der Waals surface area contributed by atoms with Crippen LogP contribution in [-0.2, 0) is 10.0 Å². The van der Waals surface area contributed by atoms with Crippen LogP contribution < -0.4 is 4.72 Å². The zero-order valence-corrected chi connectivity index (χ0v) is 11.5. The number of sulfonamides is 1. The highest BCUT2D eigenvalue weighted by Gasteiger charge is 2.23. The van der Waals surface area contributed by atoms with Crippen molar-refractivity contribution < 1.29 is 27.1 Å². The summed E-state index contributed by atoms with van der Waals surface area (Å²) in [7, 11) is -4.46. The molecule has 9 heteroatoms. The van der Waals surface area contributed by atoms with E-state index in [1.807, 2.05) is 4.72 Å². The number of carboxylic acid groups (broad SMARTS) is 1. The molecule has 2 aromatic rings. The summed E-state index contributed by atoms with van der Waals surface area (Å²) in [6, 6.07) is 3.19. The predicted octanol–water partition coefficient (Wildman–Crippen LogP) is 2.10. The molecule has 0 spiro atoms. The topological polar surface area (TPSA) is 99.3 Å². The van der Waals surface area contributed by atoms with Crippen LogP contribution in [-0.4, -0.2) is 24.5 Å². The fourth-order valence-corrected chi connectivity index (χ4v) is 2.87. The van der Waals surface area contributed by atoms with Gasteiger partial charge in [-0.3, -0.25) is 4.72 Å². The molecule has 0 aliphatic rings. The Hall–Kier alpha value is -2.42. The van der Waals surface area contributed by atoms with Crippen LogP contribution in [0.5, 0.6) is 0 Å². The summed E-state index contributed by atoms with van der Waals surface area (Å²) < 4.78 is 52.6. The molecule has 0 aliphatic carbocycles. The van der Waals surface area contributed by atoms with Crippen molar-refractivity contribution in [1.29, 1.82) is 0 Å². The van der Waals surface area contributed by atoms with Gasteiger partial charge in [-0.1, -0.05) is 0 Å². The average molecular weight is 316 g/mol. The molecule has 112 valence electrons. The van der Waals surface area contributed by atoms with Crippen molar-refractivity contribution in [3.63, 3.8) is 0 Å². The maximum atomic E-state index is 13.5. The molecule has 0 radical (unpaired) electrons. The first kappa shape index (κ1) is 15.0. The number of benzene rings is 1. The van der Waals surface area contributed by atoms with Gasteiger partial charge in [0.2, 0.25) is 0 Å². The van der Waals surface area contributed by atoms with E-state index in [-0.39, 0.29) is 5.69 Å². The highest BCUT2D eigenvalue weighted by atomic mass is 32.2. The minimum Gasteiger partial charge on any atom is -0.477 e. The minimum absolute atomic E-state index is 0.260. The summed E-state index contributed by atoms with van der Waals surface area (Å²) in [6.07, 6.45) is 0. The molecule has 0 unspecified atom stereocenters. The Balaban J connectivity index is 2.47. The van der Waals surface area contributed by atoms with Crippen molar-refractivity contribution in [3.8, 4) is 0 Å². The van der Waals surface area contributed by atoms with E-state index < -0.39 is 38.2 Å². The molecule has 0 bridgehead atoms. The van der Waals surface area contributed by atoms with Gasteiger partial charge >= 0.3 is 5.97 Å². The number of aryl methyl sites for hydroxylation is 1. The number of hydrogen-bond donors (Lipinski definition) is 3. The van der Waals surface area contributed by atoms with Gasteiger partial charge in [-0.15, -0.1) is 0 Å². The van der Waals surface area contributed by atoms with Crippen molar-refractivity contribution in [2.75, 3.05) is 4.72 Å². The molecule has 2 rings (SSSR count). The van der Waals surface area contributed by atoms with Gasteiger partial charge in [0, 0.05) is 5.69 Å². The van der Waals surface area contributed by atoms with E-state index in [1.54, 1.807) is 0 Å². The summed E-state index contributed by atoms with van der Waals surface area (Å²) in [5.74, 6) is -3.46. The second kappa shape index (κ2) is 5.17. The molecule has 3 N–H and O–H groups in total. The summed E-state index contributed by atoms with van der Waals surface area (Å²) in [5.41, 5.74) is -0.263. The number of anilines is 1. The van der Waals surface area contributed by atoms with Crippen LogP contribution in [0.4, 0.5) is 14.5 Å². The third-order valence-electron chi connectivity index (χ3n) is 2.59. The van der Waals surface area contributed by atoms with Crippen LogP contribution in [0.2, 0.25) is 0 Å². The number of H-pyrrole nitrogens is 1. The Morgan fingerprint density at radius 1 is 1.29 bits per heavy atom. The van der Waals surface area contributed by atoms with Gasteiger partial charge in [0.15, 0.2) is 0 Å². The molecule has 0 fully saturated rings. The lowest BCUT2D eigenvalue weighted by Gasteiger charge is -2.08. The van der Waals surface area contributed by atoms with Crippen molar-refractivity contribution in [3.05, 3.63) is 47.3 Å². The first-order valence-electron chi connectivity index (χ1n) is 5.61. The van der Waals surface area contributed by atoms with Crippen molar-refractivity contribution in [1.82, 2.24) is 4.98 Å². The Labute approximate surface area is 118 Å². The van der Waals surface area contributed by atoms with Crippen molar-refractivity contribution in [2.45, 2.75) is 11.8 Å². The fraction of sp³-hybridized carbons (Fsp3) is 0.0833. The zero-order chi connectivity index (χ0) is 15.8. The number of aromatic amines is 1. The number of halogens is 2. The van der Waals surface area contributed by atoms with E-state index >= 15 is 0 Å². The van der Waals surface area contributed by atoms with Crippen LogP contribution in [0.25, 0.3) is 0 Å². The Kier molecular flexibility index (Phi) is 3.69. The summed E-state index contributed by atoms with van der Waals surface area (Å²) >= 11 is 0. The molecule has 1 heterocycles.